The standard InChI is InChI=1S/C11H14FNO/c1-3-10(14)13-7-9-6-4-5-8(2)11(9)12/h4-6H,3,7H2,1-2H3,(H,13,14). The Kier molecular flexibility index (Phi) is 3.63. The molecule has 0 aliphatic heterocycles. The monoisotopic (exact) mass is 195 g/mol. The fourth-order valence-electron chi connectivity index (χ4n) is 1.16. The maximum atomic E-state index is 13.4. The second kappa shape index (κ2) is 4.74. The van der Waals surface area contributed by atoms with E-state index in [9.17, 15) is 9.18 Å². The Hall–Kier alpha value is -1.38. The van der Waals surface area contributed by atoms with Gasteiger partial charge in [0.2, 0.25) is 5.91 Å². The lowest BCUT2D eigenvalue weighted by atomic mass is 10.1. The quantitative estimate of drug-likeness (QED) is 0.786. The molecule has 3 heteroatoms. The minimum absolute atomic E-state index is 0.0640. The third kappa shape index (κ3) is 2.55. The molecule has 0 saturated carbocycles. The molecule has 0 radical (unpaired) electrons. The van der Waals surface area contributed by atoms with E-state index in [1.54, 1.807) is 32.0 Å². The molecule has 0 aliphatic carbocycles. The van der Waals surface area contributed by atoms with Gasteiger partial charge in [-0.3, -0.25) is 4.79 Å². The zero-order valence-corrected chi connectivity index (χ0v) is 8.43. The zero-order chi connectivity index (χ0) is 10.6. The van der Waals surface area contributed by atoms with Gasteiger partial charge in [-0.2, -0.15) is 0 Å². The van der Waals surface area contributed by atoms with Crippen LogP contribution in [-0.2, 0) is 11.3 Å². The van der Waals surface area contributed by atoms with Crippen molar-refractivity contribution in [2.45, 2.75) is 26.8 Å². The van der Waals surface area contributed by atoms with Gasteiger partial charge in [-0.1, -0.05) is 25.1 Å². The van der Waals surface area contributed by atoms with E-state index >= 15 is 0 Å². The summed E-state index contributed by atoms with van der Waals surface area (Å²) in [5.41, 5.74) is 1.14. The first-order chi connectivity index (χ1) is 6.65. The first-order valence-electron chi connectivity index (χ1n) is 4.65. The van der Waals surface area contributed by atoms with Crippen molar-refractivity contribution < 1.29 is 9.18 Å². The molecule has 1 amide bonds. The average molecular weight is 195 g/mol. The normalized spacial score (nSPS) is 9.93. The van der Waals surface area contributed by atoms with E-state index in [0.29, 0.717) is 17.5 Å². The summed E-state index contributed by atoms with van der Waals surface area (Å²) in [5, 5.41) is 2.64. The van der Waals surface area contributed by atoms with Crippen LogP contribution in [0.5, 0.6) is 0 Å². The van der Waals surface area contributed by atoms with Crippen LogP contribution in [0, 0.1) is 12.7 Å². The lowest BCUT2D eigenvalue weighted by molar-refractivity contribution is -0.120. The van der Waals surface area contributed by atoms with Crippen molar-refractivity contribution in [3.63, 3.8) is 0 Å². The molecule has 14 heavy (non-hydrogen) atoms. The van der Waals surface area contributed by atoms with Gasteiger partial charge in [0.25, 0.3) is 0 Å². The summed E-state index contributed by atoms with van der Waals surface area (Å²) in [5.74, 6) is -0.296. The highest BCUT2D eigenvalue weighted by Crippen LogP contribution is 2.11. The van der Waals surface area contributed by atoms with Gasteiger partial charge in [-0.05, 0) is 12.5 Å². The SMILES string of the molecule is CCC(=O)NCc1cccc(C)c1F. The van der Waals surface area contributed by atoms with Crippen molar-refractivity contribution in [2.75, 3.05) is 0 Å². The Labute approximate surface area is 83.1 Å². The van der Waals surface area contributed by atoms with E-state index in [1.807, 2.05) is 0 Å². The number of rotatable bonds is 3. The molecule has 0 bridgehead atoms. The van der Waals surface area contributed by atoms with Crippen LogP contribution in [0.1, 0.15) is 24.5 Å². The number of carbonyl (C=O) groups excluding carboxylic acids is 1. The van der Waals surface area contributed by atoms with Crippen LogP contribution in [0.25, 0.3) is 0 Å². The third-order valence-electron chi connectivity index (χ3n) is 2.07. The summed E-state index contributed by atoms with van der Waals surface area (Å²) in [4.78, 5) is 10.9. The average Bonchev–Trinajstić information content (AvgIpc) is 2.20. The number of halogens is 1. The summed E-state index contributed by atoms with van der Waals surface area (Å²) in [7, 11) is 0. The predicted octanol–water partition coefficient (Wildman–Crippen LogP) is 2.16. The van der Waals surface area contributed by atoms with E-state index in [0.717, 1.165) is 0 Å². The lowest BCUT2D eigenvalue weighted by Crippen LogP contribution is -2.22. The van der Waals surface area contributed by atoms with E-state index in [2.05, 4.69) is 5.32 Å². The van der Waals surface area contributed by atoms with Crippen molar-refractivity contribution >= 4 is 5.91 Å². The molecule has 1 N–H and O–H groups in total. The molecule has 0 aliphatic rings. The summed E-state index contributed by atoms with van der Waals surface area (Å²) >= 11 is 0. The highest BCUT2D eigenvalue weighted by atomic mass is 19.1. The van der Waals surface area contributed by atoms with Gasteiger partial charge in [0.15, 0.2) is 0 Å². The summed E-state index contributed by atoms with van der Waals surface area (Å²) < 4.78 is 13.4. The van der Waals surface area contributed by atoms with Crippen molar-refractivity contribution in [1.82, 2.24) is 5.32 Å². The van der Waals surface area contributed by atoms with Crippen molar-refractivity contribution in [3.8, 4) is 0 Å². The molecule has 0 fully saturated rings. The maximum absolute atomic E-state index is 13.4. The molecule has 76 valence electrons. The van der Waals surface area contributed by atoms with Gasteiger partial charge < -0.3 is 5.32 Å². The lowest BCUT2D eigenvalue weighted by Gasteiger charge is -2.06. The number of benzene rings is 1. The minimum Gasteiger partial charge on any atom is -0.352 e. The zero-order valence-electron chi connectivity index (χ0n) is 8.43. The first kappa shape index (κ1) is 10.7. The molecular weight excluding hydrogens is 181 g/mol. The first-order valence-corrected chi connectivity index (χ1v) is 4.65. The number of amides is 1. The largest absolute Gasteiger partial charge is 0.352 e. The summed E-state index contributed by atoms with van der Waals surface area (Å²) in [6, 6.07) is 5.17. The highest BCUT2D eigenvalue weighted by Gasteiger charge is 2.05. The van der Waals surface area contributed by atoms with Crippen LogP contribution < -0.4 is 5.32 Å². The van der Waals surface area contributed by atoms with Gasteiger partial charge in [0.1, 0.15) is 5.82 Å². The van der Waals surface area contributed by atoms with E-state index in [4.69, 9.17) is 0 Å². The molecule has 0 unspecified atom stereocenters. The number of nitrogens with one attached hydrogen (secondary N) is 1. The van der Waals surface area contributed by atoms with E-state index in [1.165, 1.54) is 0 Å². The molecular formula is C11H14FNO. The Balaban J connectivity index is 2.68. The van der Waals surface area contributed by atoms with Crippen LogP contribution in [0.2, 0.25) is 0 Å². The van der Waals surface area contributed by atoms with Crippen molar-refractivity contribution in [1.29, 1.82) is 0 Å². The maximum Gasteiger partial charge on any atom is 0.219 e. The van der Waals surface area contributed by atoms with Gasteiger partial charge in [-0.25, -0.2) is 4.39 Å². The van der Waals surface area contributed by atoms with Crippen LogP contribution >= 0.6 is 0 Å². The molecule has 0 heterocycles. The van der Waals surface area contributed by atoms with Crippen LogP contribution in [0.4, 0.5) is 4.39 Å². The Morgan fingerprint density at radius 2 is 2.21 bits per heavy atom. The van der Waals surface area contributed by atoms with Crippen LogP contribution in [-0.4, -0.2) is 5.91 Å². The Bertz CT molecular complexity index is 336. The van der Waals surface area contributed by atoms with E-state index < -0.39 is 0 Å². The molecule has 0 spiro atoms. The van der Waals surface area contributed by atoms with Crippen LogP contribution in [0.15, 0.2) is 18.2 Å². The Morgan fingerprint density at radius 1 is 1.50 bits per heavy atom. The molecule has 1 aromatic rings. The third-order valence-corrected chi connectivity index (χ3v) is 2.07. The molecule has 2 nitrogen and oxygen atoms in total. The number of carbonyl (C=O) groups is 1. The second-order valence-electron chi connectivity index (χ2n) is 3.18. The predicted molar refractivity (Wildman–Crippen MR) is 53.3 cm³/mol. The number of aryl methyl sites for hydroxylation is 1. The number of hydrogen-bond acceptors (Lipinski definition) is 1. The van der Waals surface area contributed by atoms with Gasteiger partial charge in [0.05, 0.1) is 0 Å². The van der Waals surface area contributed by atoms with Crippen LogP contribution in [0.3, 0.4) is 0 Å². The molecule has 1 aromatic carbocycles. The fourth-order valence-corrected chi connectivity index (χ4v) is 1.16. The van der Waals surface area contributed by atoms with Crippen molar-refractivity contribution in [3.05, 3.63) is 35.1 Å². The van der Waals surface area contributed by atoms with E-state index in [-0.39, 0.29) is 18.3 Å². The Morgan fingerprint density at radius 3 is 2.86 bits per heavy atom. The summed E-state index contributed by atoms with van der Waals surface area (Å²) in [6.45, 7) is 3.74. The molecule has 0 aromatic heterocycles. The van der Waals surface area contributed by atoms with Gasteiger partial charge in [0, 0.05) is 18.5 Å². The van der Waals surface area contributed by atoms with Crippen molar-refractivity contribution in [2.24, 2.45) is 0 Å². The summed E-state index contributed by atoms with van der Waals surface area (Å²) in [6.07, 6.45) is 0.424. The van der Waals surface area contributed by atoms with Gasteiger partial charge >= 0.3 is 0 Å². The fraction of sp³-hybridized carbons (Fsp3) is 0.364. The van der Waals surface area contributed by atoms with Gasteiger partial charge in [-0.15, -0.1) is 0 Å². The highest BCUT2D eigenvalue weighted by molar-refractivity contribution is 5.75. The molecule has 0 saturated heterocycles. The number of hydrogen-bond donors (Lipinski definition) is 1. The molecule has 1 rings (SSSR count). The molecule has 0 atom stereocenters. The topological polar surface area (TPSA) is 29.1 Å². The second-order valence-corrected chi connectivity index (χ2v) is 3.18. The minimum atomic E-state index is -0.232. The smallest absolute Gasteiger partial charge is 0.219 e.